The fourth-order valence-corrected chi connectivity index (χ4v) is 4.12. The minimum atomic E-state index is -0.495. The Bertz CT molecular complexity index is 865. The molecule has 3 rings (SSSR count). The lowest BCUT2D eigenvalue weighted by Crippen LogP contribution is -2.38. The van der Waals surface area contributed by atoms with Gasteiger partial charge >= 0.3 is 5.97 Å². The summed E-state index contributed by atoms with van der Waals surface area (Å²) in [6.07, 6.45) is 0.593. The molecule has 2 heterocycles. The first kappa shape index (κ1) is 17.2. The first-order valence-electron chi connectivity index (χ1n) is 7.36. The van der Waals surface area contributed by atoms with Crippen LogP contribution in [0.25, 0.3) is 10.9 Å². The molecule has 0 atom stereocenters. The molecule has 1 aromatic carbocycles. The summed E-state index contributed by atoms with van der Waals surface area (Å²) in [6, 6.07) is 1.53. The Labute approximate surface area is 151 Å². The zero-order valence-electron chi connectivity index (χ0n) is 13.2. The molecule has 1 aliphatic heterocycles. The second-order valence-corrected chi connectivity index (χ2v) is 6.97. The van der Waals surface area contributed by atoms with Crippen LogP contribution in [0.1, 0.15) is 18.2 Å². The molecule has 8 heteroatoms. The molecule has 24 heavy (non-hydrogen) atoms. The van der Waals surface area contributed by atoms with Crippen molar-refractivity contribution in [1.29, 1.82) is 0 Å². The number of rotatable bonds is 2. The van der Waals surface area contributed by atoms with E-state index >= 15 is 0 Å². The largest absolute Gasteiger partial charge is 0.456 e. The summed E-state index contributed by atoms with van der Waals surface area (Å²) in [5.74, 6) is -1.23. The average Bonchev–Trinajstić information content (AvgIpc) is 2.83. The number of ether oxygens (including phenoxy) is 1. The summed E-state index contributed by atoms with van der Waals surface area (Å²) < 4.78 is 21.7. The van der Waals surface area contributed by atoms with Crippen LogP contribution in [-0.4, -0.2) is 34.5 Å². The van der Waals surface area contributed by atoms with Crippen molar-refractivity contribution >= 4 is 50.3 Å². The van der Waals surface area contributed by atoms with E-state index < -0.39 is 11.8 Å². The van der Waals surface area contributed by atoms with Crippen LogP contribution in [-0.2, 0) is 34.3 Å². The molecular weight excluding hydrogens is 403 g/mol. The Morgan fingerprint density at radius 2 is 2.17 bits per heavy atom. The van der Waals surface area contributed by atoms with E-state index in [0.717, 1.165) is 16.6 Å². The van der Waals surface area contributed by atoms with Crippen molar-refractivity contribution in [2.24, 2.45) is 7.05 Å². The molecule has 0 radical (unpaired) electrons. The summed E-state index contributed by atoms with van der Waals surface area (Å²) in [5, 5.41) is 0.773. The first-order valence-corrected chi connectivity index (χ1v) is 8.53. The third kappa shape index (κ3) is 2.80. The van der Waals surface area contributed by atoms with Crippen molar-refractivity contribution in [2.45, 2.75) is 19.9 Å². The maximum atomic E-state index is 14.5. The van der Waals surface area contributed by atoms with Crippen LogP contribution in [0, 0.1) is 5.82 Å². The Morgan fingerprint density at radius 1 is 1.46 bits per heavy atom. The first-order chi connectivity index (χ1) is 11.3. The van der Waals surface area contributed by atoms with E-state index in [0.29, 0.717) is 29.5 Å². The van der Waals surface area contributed by atoms with Gasteiger partial charge < -0.3 is 14.2 Å². The lowest BCUT2D eigenvalue weighted by Gasteiger charge is -2.27. The summed E-state index contributed by atoms with van der Waals surface area (Å²) in [4.78, 5) is 24.7. The number of amides is 1. The van der Waals surface area contributed by atoms with Crippen LogP contribution in [0.4, 0.5) is 4.39 Å². The van der Waals surface area contributed by atoms with Gasteiger partial charge in [0.25, 0.3) is 5.91 Å². The lowest BCUT2D eigenvalue weighted by atomic mass is 10.0. The zero-order chi connectivity index (χ0) is 17.6. The van der Waals surface area contributed by atoms with E-state index in [1.54, 1.807) is 16.5 Å². The minimum absolute atomic E-state index is 0.0510. The number of halogens is 3. The molecular formula is C16H15BrClFN2O3. The summed E-state index contributed by atoms with van der Waals surface area (Å²) in [6.45, 7) is 1.81. The van der Waals surface area contributed by atoms with Gasteiger partial charge in [0.05, 0.1) is 10.5 Å². The molecule has 0 aliphatic carbocycles. The molecule has 0 saturated carbocycles. The van der Waals surface area contributed by atoms with Gasteiger partial charge in [-0.05, 0) is 6.07 Å². The van der Waals surface area contributed by atoms with Crippen LogP contribution < -0.4 is 0 Å². The van der Waals surface area contributed by atoms with Gasteiger partial charge in [-0.1, -0.05) is 27.5 Å². The minimum Gasteiger partial charge on any atom is -0.456 e. The molecule has 0 spiro atoms. The van der Waals surface area contributed by atoms with Gasteiger partial charge in [-0.2, -0.15) is 0 Å². The predicted octanol–water partition coefficient (Wildman–Crippen LogP) is 3.18. The van der Waals surface area contributed by atoms with Crippen LogP contribution >= 0.6 is 27.5 Å². The standard InChI is InChI=1S/C16H15BrClFN2O3/c1-8(22)24-7-13(23)21-4-3-12-9(6-21)14-10(17)5-11(18)15(19)16(14)20(12)2/h5H,3-4,6-7H2,1-2H3. The van der Waals surface area contributed by atoms with Crippen LogP contribution in [0.2, 0.25) is 5.02 Å². The van der Waals surface area contributed by atoms with Gasteiger partial charge in [-0.25, -0.2) is 4.39 Å². The number of carbonyl (C=O) groups excluding carboxylic acids is 2. The molecule has 1 aromatic heterocycles. The quantitative estimate of drug-likeness (QED) is 0.557. The van der Waals surface area contributed by atoms with Gasteiger partial charge in [0.15, 0.2) is 12.4 Å². The topological polar surface area (TPSA) is 51.5 Å². The lowest BCUT2D eigenvalue weighted by molar-refractivity contribution is -0.150. The molecule has 128 valence electrons. The molecule has 0 bridgehead atoms. The third-order valence-electron chi connectivity index (χ3n) is 4.26. The molecule has 2 aromatic rings. The fraction of sp³-hybridized carbons (Fsp3) is 0.375. The van der Waals surface area contributed by atoms with Gasteiger partial charge in [-0.3, -0.25) is 9.59 Å². The predicted molar refractivity (Wildman–Crippen MR) is 91.3 cm³/mol. The van der Waals surface area contributed by atoms with Crippen molar-refractivity contribution in [3.63, 3.8) is 0 Å². The van der Waals surface area contributed by atoms with Crippen molar-refractivity contribution in [3.8, 4) is 0 Å². The van der Waals surface area contributed by atoms with Crippen molar-refractivity contribution < 1.29 is 18.7 Å². The summed E-state index contributed by atoms with van der Waals surface area (Å²) in [5.41, 5.74) is 2.29. The number of aryl methyl sites for hydroxylation is 1. The molecule has 0 fully saturated rings. The Kier molecular flexibility index (Phi) is 4.57. The van der Waals surface area contributed by atoms with Crippen molar-refractivity contribution in [1.82, 2.24) is 9.47 Å². The van der Waals surface area contributed by atoms with E-state index in [4.69, 9.17) is 16.3 Å². The molecule has 0 N–H and O–H groups in total. The van der Waals surface area contributed by atoms with Crippen molar-refractivity contribution in [2.75, 3.05) is 13.2 Å². The Balaban J connectivity index is 2.01. The highest BCUT2D eigenvalue weighted by Crippen LogP contribution is 2.39. The highest BCUT2D eigenvalue weighted by atomic mass is 79.9. The number of aromatic nitrogens is 1. The maximum absolute atomic E-state index is 14.5. The Hall–Kier alpha value is -1.60. The number of fused-ring (bicyclic) bond motifs is 3. The molecule has 5 nitrogen and oxygen atoms in total. The molecule has 1 aliphatic rings. The SMILES string of the molecule is CC(=O)OCC(=O)N1CCc2c(c3c(Br)cc(Cl)c(F)c3n2C)C1. The van der Waals surface area contributed by atoms with Gasteiger partial charge in [0, 0.05) is 54.6 Å². The second-order valence-electron chi connectivity index (χ2n) is 5.71. The fourth-order valence-electron chi connectivity index (χ4n) is 3.13. The van der Waals surface area contributed by atoms with Crippen LogP contribution in [0.3, 0.4) is 0 Å². The van der Waals surface area contributed by atoms with Gasteiger partial charge in [-0.15, -0.1) is 0 Å². The van der Waals surface area contributed by atoms with E-state index in [1.807, 2.05) is 0 Å². The number of benzene rings is 1. The monoisotopic (exact) mass is 416 g/mol. The summed E-state index contributed by atoms with van der Waals surface area (Å²) >= 11 is 9.39. The highest BCUT2D eigenvalue weighted by molar-refractivity contribution is 9.10. The average molecular weight is 418 g/mol. The molecule has 0 unspecified atom stereocenters. The number of hydrogen-bond donors (Lipinski definition) is 0. The summed E-state index contributed by atoms with van der Waals surface area (Å²) in [7, 11) is 1.79. The zero-order valence-corrected chi connectivity index (χ0v) is 15.5. The smallest absolute Gasteiger partial charge is 0.303 e. The van der Waals surface area contributed by atoms with Gasteiger partial charge in [0.1, 0.15) is 0 Å². The second kappa shape index (κ2) is 6.37. The third-order valence-corrected chi connectivity index (χ3v) is 5.16. The number of esters is 1. The number of nitrogens with zero attached hydrogens (tertiary/aromatic N) is 2. The van der Waals surface area contributed by atoms with E-state index in [9.17, 15) is 14.0 Å². The highest BCUT2D eigenvalue weighted by Gasteiger charge is 2.28. The van der Waals surface area contributed by atoms with Gasteiger partial charge in [0.2, 0.25) is 0 Å². The van der Waals surface area contributed by atoms with Crippen LogP contribution in [0.15, 0.2) is 10.5 Å². The molecule has 1 amide bonds. The number of hydrogen-bond acceptors (Lipinski definition) is 3. The van der Waals surface area contributed by atoms with E-state index in [2.05, 4.69) is 15.9 Å². The van der Waals surface area contributed by atoms with E-state index in [1.165, 1.54) is 13.0 Å². The number of carbonyl (C=O) groups is 2. The maximum Gasteiger partial charge on any atom is 0.303 e. The van der Waals surface area contributed by atoms with Crippen molar-refractivity contribution in [3.05, 3.63) is 32.6 Å². The molecule has 0 saturated heterocycles. The van der Waals surface area contributed by atoms with Crippen LogP contribution in [0.5, 0.6) is 0 Å². The van der Waals surface area contributed by atoms with E-state index in [-0.39, 0.29) is 17.5 Å². The normalized spacial score (nSPS) is 14.0. The Morgan fingerprint density at radius 3 is 2.83 bits per heavy atom.